The zero-order valence-corrected chi connectivity index (χ0v) is 25.1. The molecule has 0 aliphatic carbocycles. The third kappa shape index (κ3) is 4.06. The van der Waals surface area contributed by atoms with Crippen LogP contribution in [0.5, 0.6) is 0 Å². The van der Waals surface area contributed by atoms with Gasteiger partial charge in [0.25, 0.3) is 5.91 Å². The second-order valence-corrected chi connectivity index (χ2v) is 15.8. The van der Waals surface area contributed by atoms with Gasteiger partial charge in [0.05, 0.1) is 6.10 Å². The maximum absolute atomic E-state index is 13.1. The van der Waals surface area contributed by atoms with E-state index in [2.05, 4.69) is 20.4 Å². The number of nitrogens with zero attached hydrogens (tertiary/aromatic N) is 4. The standard InChI is InChI=1S/C24H45N7O5Si/c1-19(2,3)14(32)15-22(33,20(4,5)6)23(34,21(7,8)9)24(35-15,36-37(10)11)31-12-27-13-16(25)28-18(30-26)29-17(13)31/h12,14-15,32-34,37H,26H2,1-11H3,(H3,25,28,29,30)/t14?,15-,22+,23-,24+/m1/s1. The topological polar surface area (TPSA) is 187 Å². The van der Waals surface area contributed by atoms with E-state index in [0.29, 0.717) is 0 Å². The molecule has 2 aromatic rings. The number of hydrazine groups is 1. The molecule has 0 bridgehead atoms. The SMILES string of the molecule is C[SiH](C)O[C@@]1(n2cnc3c(N)nc(NN)nc32)O[C@H](C(O)C(C)(C)C)[C@](O)(C(C)(C)C)[C@]1(O)C(C)(C)C. The summed E-state index contributed by atoms with van der Waals surface area (Å²) in [7, 11) is -2.06. The van der Waals surface area contributed by atoms with Crippen LogP contribution in [0.1, 0.15) is 62.3 Å². The highest BCUT2D eigenvalue weighted by atomic mass is 28.3. The van der Waals surface area contributed by atoms with Crippen LogP contribution in [0.15, 0.2) is 6.33 Å². The van der Waals surface area contributed by atoms with Crippen molar-refractivity contribution in [2.75, 3.05) is 11.2 Å². The number of hydrogen-bond acceptors (Lipinski definition) is 11. The lowest BCUT2D eigenvalue weighted by Gasteiger charge is -2.57. The van der Waals surface area contributed by atoms with Gasteiger partial charge in [-0.15, -0.1) is 0 Å². The van der Waals surface area contributed by atoms with Gasteiger partial charge in [0, 0.05) is 5.41 Å². The number of fused-ring (bicyclic) bond motifs is 1. The molecule has 1 fully saturated rings. The number of imidazole rings is 1. The molecule has 1 aliphatic rings. The lowest BCUT2D eigenvalue weighted by atomic mass is 9.54. The van der Waals surface area contributed by atoms with Gasteiger partial charge in [0.2, 0.25) is 5.95 Å². The zero-order chi connectivity index (χ0) is 28.6. The average Bonchev–Trinajstić information content (AvgIpc) is 3.25. The maximum Gasteiger partial charge on any atom is 0.283 e. The van der Waals surface area contributed by atoms with E-state index in [1.165, 1.54) is 10.9 Å². The number of nitrogens with two attached hydrogens (primary N) is 2. The van der Waals surface area contributed by atoms with E-state index in [4.69, 9.17) is 20.7 Å². The summed E-state index contributed by atoms with van der Waals surface area (Å²) in [6.45, 7) is 20.2. The van der Waals surface area contributed by atoms with Gasteiger partial charge in [-0.2, -0.15) is 9.97 Å². The smallest absolute Gasteiger partial charge is 0.283 e. The third-order valence-corrected chi connectivity index (χ3v) is 8.17. The van der Waals surface area contributed by atoms with Crippen LogP contribution in [0.25, 0.3) is 11.2 Å². The van der Waals surface area contributed by atoms with E-state index < -0.39 is 54.6 Å². The van der Waals surface area contributed by atoms with Crippen molar-refractivity contribution in [2.24, 2.45) is 22.1 Å². The molecule has 0 spiro atoms. The molecule has 5 atom stereocenters. The first-order valence-electron chi connectivity index (χ1n) is 12.6. The quantitative estimate of drug-likeness (QED) is 0.184. The minimum absolute atomic E-state index is 0.0262. The van der Waals surface area contributed by atoms with Crippen LogP contribution in [0.3, 0.4) is 0 Å². The van der Waals surface area contributed by atoms with Crippen LogP contribution in [0.4, 0.5) is 11.8 Å². The Bertz CT molecular complexity index is 1160. The first-order chi connectivity index (χ1) is 16.6. The van der Waals surface area contributed by atoms with Crippen molar-refractivity contribution in [3.05, 3.63) is 6.33 Å². The molecule has 1 saturated heterocycles. The highest BCUT2D eigenvalue weighted by molar-refractivity contribution is 6.48. The van der Waals surface area contributed by atoms with E-state index in [0.717, 1.165) is 0 Å². The molecule has 13 heteroatoms. The zero-order valence-electron chi connectivity index (χ0n) is 23.9. The maximum atomic E-state index is 13.1. The number of hydrogen-bond donors (Lipinski definition) is 6. The van der Waals surface area contributed by atoms with Crippen LogP contribution in [0.2, 0.25) is 13.1 Å². The Morgan fingerprint density at radius 1 is 1.08 bits per heavy atom. The fourth-order valence-electron chi connectivity index (χ4n) is 5.47. The Hall–Kier alpha value is -1.87. The second kappa shape index (κ2) is 8.83. The van der Waals surface area contributed by atoms with Crippen LogP contribution in [-0.2, 0) is 15.1 Å². The Morgan fingerprint density at radius 2 is 1.65 bits per heavy atom. The molecule has 1 unspecified atom stereocenters. The predicted octanol–water partition coefficient (Wildman–Crippen LogP) is 1.66. The molecule has 210 valence electrons. The molecular formula is C24H45N7O5Si. The van der Waals surface area contributed by atoms with Crippen LogP contribution in [0, 0.1) is 16.2 Å². The number of aromatic nitrogens is 4. The van der Waals surface area contributed by atoms with Crippen molar-refractivity contribution in [3.8, 4) is 0 Å². The Morgan fingerprint density at radius 3 is 2.08 bits per heavy atom. The summed E-state index contributed by atoms with van der Waals surface area (Å²) < 4.78 is 14.8. The lowest BCUT2D eigenvalue weighted by molar-refractivity contribution is -0.348. The highest BCUT2D eigenvalue weighted by Gasteiger charge is 2.83. The number of ether oxygens (including phenoxy) is 1. The molecule has 37 heavy (non-hydrogen) atoms. The first-order valence-corrected chi connectivity index (χ1v) is 15.3. The van der Waals surface area contributed by atoms with Crippen LogP contribution in [-0.4, -0.2) is 67.3 Å². The molecule has 3 heterocycles. The number of anilines is 2. The van der Waals surface area contributed by atoms with Gasteiger partial charge in [-0.1, -0.05) is 62.3 Å². The predicted molar refractivity (Wildman–Crippen MR) is 145 cm³/mol. The molecule has 0 amide bonds. The molecule has 12 nitrogen and oxygen atoms in total. The monoisotopic (exact) mass is 539 g/mol. The van der Waals surface area contributed by atoms with Gasteiger partial charge in [-0.3, -0.25) is 9.99 Å². The van der Waals surface area contributed by atoms with Gasteiger partial charge in [-0.25, -0.2) is 10.8 Å². The largest absolute Gasteiger partial charge is 0.390 e. The van der Waals surface area contributed by atoms with E-state index in [1.54, 1.807) is 41.5 Å². The molecule has 3 rings (SSSR count). The van der Waals surface area contributed by atoms with Crippen molar-refractivity contribution in [2.45, 2.75) is 105 Å². The molecule has 8 N–H and O–H groups in total. The molecule has 0 radical (unpaired) electrons. The van der Waals surface area contributed by atoms with Gasteiger partial charge < -0.3 is 30.2 Å². The highest BCUT2D eigenvalue weighted by Crippen LogP contribution is 2.64. The van der Waals surface area contributed by atoms with E-state index in [9.17, 15) is 15.3 Å². The van der Waals surface area contributed by atoms with Gasteiger partial charge in [0.15, 0.2) is 31.6 Å². The Kier molecular flexibility index (Phi) is 7.08. The van der Waals surface area contributed by atoms with E-state index >= 15 is 0 Å². The van der Waals surface area contributed by atoms with E-state index in [1.807, 2.05) is 33.9 Å². The van der Waals surface area contributed by atoms with Gasteiger partial charge in [0.1, 0.15) is 18.0 Å². The summed E-state index contributed by atoms with van der Waals surface area (Å²) in [6, 6.07) is 0. The minimum Gasteiger partial charge on any atom is -0.390 e. The fourth-order valence-corrected chi connectivity index (χ4v) is 6.45. The average molecular weight is 540 g/mol. The summed E-state index contributed by atoms with van der Waals surface area (Å²) in [5, 5.41) is 37.6. The van der Waals surface area contributed by atoms with Crippen molar-refractivity contribution < 1.29 is 24.5 Å². The Balaban J connectivity index is 2.56. The van der Waals surface area contributed by atoms with Crippen molar-refractivity contribution in [1.82, 2.24) is 19.5 Å². The summed E-state index contributed by atoms with van der Waals surface area (Å²) >= 11 is 0. The summed E-state index contributed by atoms with van der Waals surface area (Å²) in [5.41, 5.74) is 2.01. The minimum atomic E-state index is -2.15. The van der Waals surface area contributed by atoms with Gasteiger partial charge in [-0.05, 0) is 23.9 Å². The number of aliphatic hydroxyl groups excluding tert-OH is 1. The third-order valence-electron chi connectivity index (χ3n) is 7.37. The molecular weight excluding hydrogens is 494 g/mol. The Labute approximate surface area is 220 Å². The number of nitrogens with one attached hydrogen (secondary N) is 1. The normalized spacial score (nSPS) is 30.3. The summed E-state index contributed by atoms with van der Waals surface area (Å²) in [5.74, 6) is 3.62. The van der Waals surface area contributed by atoms with Crippen LogP contribution < -0.4 is 17.0 Å². The van der Waals surface area contributed by atoms with Crippen molar-refractivity contribution >= 4 is 32.0 Å². The van der Waals surface area contributed by atoms with Crippen LogP contribution >= 0.6 is 0 Å². The lowest BCUT2D eigenvalue weighted by Crippen LogP contribution is -2.76. The number of nitrogen functional groups attached to an aromatic ring is 2. The second-order valence-electron chi connectivity index (χ2n) is 13.4. The van der Waals surface area contributed by atoms with Crippen molar-refractivity contribution in [3.63, 3.8) is 0 Å². The fraction of sp³-hybridized carbons (Fsp3) is 0.792. The molecule has 1 aliphatic heterocycles. The number of rotatable bonds is 5. The summed E-state index contributed by atoms with van der Waals surface area (Å²) in [4.78, 5) is 13.0. The first kappa shape index (κ1) is 29.7. The molecule has 0 saturated carbocycles. The summed E-state index contributed by atoms with van der Waals surface area (Å²) in [6.07, 6.45) is -1.06. The molecule has 2 aromatic heterocycles. The number of aliphatic hydroxyl groups is 3. The van der Waals surface area contributed by atoms with Crippen molar-refractivity contribution in [1.29, 1.82) is 0 Å². The van der Waals surface area contributed by atoms with Gasteiger partial charge >= 0.3 is 0 Å². The molecule has 0 aromatic carbocycles. The van der Waals surface area contributed by atoms with E-state index in [-0.39, 0.29) is 22.9 Å².